The van der Waals surface area contributed by atoms with Crippen LogP contribution in [0.1, 0.15) is 25.8 Å². The standard InChI is InChI=1S/C12H16N2/c1-9(2)11-8-12(14-13-11)10-6-4-3-5-7-10/h3-7,9,11,13H,8H2,1-2H3. The van der Waals surface area contributed by atoms with Crippen molar-refractivity contribution in [2.75, 3.05) is 0 Å². The zero-order chi connectivity index (χ0) is 9.97. The Balaban J connectivity index is 2.09. The van der Waals surface area contributed by atoms with E-state index < -0.39 is 0 Å². The lowest BCUT2D eigenvalue weighted by atomic mass is 9.97. The van der Waals surface area contributed by atoms with Gasteiger partial charge in [-0.1, -0.05) is 44.2 Å². The van der Waals surface area contributed by atoms with Crippen LogP contribution >= 0.6 is 0 Å². The number of nitrogens with zero attached hydrogens (tertiary/aromatic N) is 1. The van der Waals surface area contributed by atoms with Crippen molar-refractivity contribution in [2.45, 2.75) is 26.3 Å². The van der Waals surface area contributed by atoms with Gasteiger partial charge >= 0.3 is 0 Å². The Morgan fingerprint density at radius 3 is 2.57 bits per heavy atom. The zero-order valence-electron chi connectivity index (χ0n) is 8.70. The summed E-state index contributed by atoms with van der Waals surface area (Å²) in [5, 5.41) is 4.38. The SMILES string of the molecule is CC(C)C1CC(c2ccccc2)=NN1. The van der Waals surface area contributed by atoms with E-state index in [4.69, 9.17) is 0 Å². The predicted molar refractivity (Wildman–Crippen MR) is 59.4 cm³/mol. The second kappa shape index (κ2) is 3.82. The van der Waals surface area contributed by atoms with Gasteiger partial charge < -0.3 is 5.43 Å². The van der Waals surface area contributed by atoms with E-state index in [0.29, 0.717) is 12.0 Å². The van der Waals surface area contributed by atoms with E-state index in [9.17, 15) is 0 Å². The molecule has 0 aliphatic carbocycles. The third-order valence-corrected chi connectivity index (χ3v) is 2.69. The number of benzene rings is 1. The molecule has 1 aliphatic heterocycles. The fourth-order valence-electron chi connectivity index (χ4n) is 1.66. The average molecular weight is 188 g/mol. The van der Waals surface area contributed by atoms with Crippen molar-refractivity contribution in [1.29, 1.82) is 0 Å². The largest absolute Gasteiger partial charge is 0.306 e. The summed E-state index contributed by atoms with van der Waals surface area (Å²) in [4.78, 5) is 0. The summed E-state index contributed by atoms with van der Waals surface area (Å²) in [6.45, 7) is 4.45. The molecule has 2 nitrogen and oxygen atoms in total. The van der Waals surface area contributed by atoms with Crippen LogP contribution in [0.3, 0.4) is 0 Å². The van der Waals surface area contributed by atoms with Crippen LogP contribution in [0, 0.1) is 5.92 Å². The molecule has 14 heavy (non-hydrogen) atoms. The first-order valence-corrected chi connectivity index (χ1v) is 5.15. The molecule has 1 N–H and O–H groups in total. The molecule has 1 unspecified atom stereocenters. The van der Waals surface area contributed by atoms with E-state index in [1.54, 1.807) is 0 Å². The first kappa shape index (κ1) is 9.25. The summed E-state index contributed by atoms with van der Waals surface area (Å²) in [6.07, 6.45) is 1.04. The molecule has 2 heteroatoms. The smallest absolute Gasteiger partial charge is 0.0696 e. The Morgan fingerprint density at radius 1 is 1.29 bits per heavy atom. The molecule has 0 bridgehead atoms. The lowest BCUT2D eigenvalue weighted by molar-refractivity contribution is 0.442. The van der Waals surface area contributed by atoms with E-state index in [1.807, 2.05) is 6.07 Å². The lowest BCUT2D eigenvalue weighted by Crippen LogP contribution is -2.25. The van der Waals surface area contributed by atoms with Gasteiger partial charge in [0.15, 0.2) is 0 Å². The number of nitrogens with one attached hydrogen (secondary N) is 1. The van der Waals surface area contributed by atoms with Gasteiger partial charge in [-0.15, -0.1) is 0 Å². The molecule has 0 spiro atoms. The molecule has 0 saturated carbocycles. The molecule has 0 aromatic heterocycles. The van der Waals surface area contributed by atoms with Crippen molar-refractivity contribution < 1.29 is 0 Å². The number of hydrogen-bond donors (Lipinski definition) is 1. The van der Waals surface area contributed by atoms with Crippen LogP contribution in [-0.2, 0) is 0 Å². The van der Waals surface area contributed by atoms with E-state index >= 15 is 0 Å². The van der Waals surface area contributed by atoms with Crippen LogP contribution < -0.4 is 5.43 Å². The van der Waals surface area contributed by atoms with Crippen molar-refractivity contribution in [2.24, 2.45) is 11.0 Å². The molecule has 0 fully saturated rings. The van der Waals surface area contributed by atoms with E-state index in [-0.39, 0.29) is 0 Å². The van der Waals surface area contributed by atoms with E-state index in [0.717, 1.165) is 6.42 Å². The Kier molecular flexibility index (Phi) is 2.53. The summed E-state index contributed by atoms with van der Waals surface area (Å²) in [6, 6.07) is 10.9. The van der Waals surface area contributed by atoms with Gasteiger partial charge in [-0.25, -0.2) is 0 Å². The summed E-state index contributed by atoms with van der Waals surface area (Å²) in [5.41, 5.74) is 5.62. The first-order valence-electron chi connectivity index (χ1n) is 5.15. The average Bonchev–Trinajstić information content (AvgIpc) is 2.68. The maximum Gasteiger partial charge on any atom is 0.0696 e. The highest BCUT2D eigenvalue weighted by molar-refractivity contribution is 6.01. The zero-order valence-corrected chi connectivity index (χ0v) is 8.70. The normalized spacial score (nSPS) is 20.8. The van der Waals surface area contributed by atoms with E-state index in [1.165, 1.54) is 11.3 Å². The second-order valence-electron chi connectivity index (χ2n) is 4.11. The Labute approximate surface area is 85.0 Å². The molecular formula is C12H16N2. The molecule has 1 atom stereocenters. The van der Waals surface area contributed by atoms with Crippen molar-refractivity contribution in [3.8, 4) is 0 Å². The number of rotatable bonds is 2. The van der Waals surface area contributed by atoms with Gasteiger partial charge in [0.2, 0.25) is 0 Å². The minimum atomic E-state index is 0.505. The van der Waals surface area contributed by atoms with Gasteiger partial charge in [0.25, 0.3) is 0 Å². The third kappa shape index (κ3) is 1.79. The van der Waals surface area contributed by atoms with Crippen LogP contribution in [0.25, 0.3) is 0 Å². The predicted octanol–water partition coefficient (Wildman–Crippen LogP) is 2.41. The van der Waals surface area contributed by atoms with Crippen molar-refractivity contribution in [1.82, 2.24) is 5.43 Å². The monoisotopic (exact) mass is 188 g/mol. The molecule has 0 radical (unpaired) electrons. The molecule has 1 aromatic carbocycles. The van der Waals surface area contributed by atoms with Crippen molar-refractivity contribution >= 4 is 5.71 Å². The molecule has 0 amide bonds. The highest BCUT2D eigenvalue weighted by Crippen LogP contribution is 2.16. The van der Waals surface area contributed by atoms with Crippen molar-refractivity contribution in [3.05, 3.63) is 35.9 Å². The molecule has 1 aromatic rings. The highest BCUT2D eigenvalue weighted by Gasteiger charge is 2.21. The summed E-state index contributed by atoms with van der Waals surface area (Å²) >= 11 is 0. The summed E-state index contributed by atoms with van der Waals surface area (Å²) < 4.78 is 0. The van der Waals surface area contributed by atoms with Crippen LogP contribution in [-0.4, -0.2) is 11.8 Å². The Bertz CT molecular complexity index is 327. The summed E-state index contributed by atoms with van der Waals surface area (Å²) in [5.74, 6) is 0.639. The van der Waals surface area contributed by atoms with Crippen LogP contribution in [0.4, 0.5) is 0 Å². The number of hydrogen-bond acceptors (Lipinski definition) is 2. The van der Waals surface area contributed by atoms with Crippen LogP contribution in [0.5, 0.6) is 0 Å². The Hall–Kier alpha value is -1.31. The van der Waals surface area contributed by atoms with Gasteiger partial charge in [0, 0.05) is 6.42 Å². The van der Waals surface area contributed by atoms with Gasteiger partial charge in [-0.3, -0.25) is 0 Å². The molecule has 2 rings (SSSR count). The van der Waals surface area contributed by atoms with Crippen LogP contribution in [0.2, 0.25) is 0 Å². The van der Waals surface area contributed by atoms with E-state index in [2.05, 4.69) is 48.6 Å². The van der Waals surface area contributed by atoms with Gasteiger partial charge in [0.05, 0.1) is 11.8 Å². The maximum absolute atomic E-state index is 4.38. The molecule has 0 saturated heterocycles. The maximum atomic E-state index is 4.38. The topological polar surface area (TPSA) is 24.4 Å². The minimum Gasteiger partial charge on any atom is -0.306 e. The fourth-order valence-corrected chi connectivity index (χ4v) is 1.66. The van der Waals surface area contributed by atoms with Gasteiger partial charge in [-0.2, -0.15) is 5.10 Å². The second-order valence-corrected chi connectivity index (χ2v) is 4.11. The molecular weight excluding hydrogens is 172 g/mol. The minimum absolute atomic E-state index is 0.505. The van der Waals surface area contributed by atoms with Crippen LogP contribution in [0.15, 0.2) is 35.4 Å². The van der Waals surface area contributed by atoms with Gasteiger partial charge in [-0.05, 0) is 11.5 Å². The number of hydrazone groups is 1. The van der Waals surface area contributed by atoms with Crippen molar-refractivity contribution in [3.63, 3.8) is 0 Å². The molecule has 74 valence electrons. The molecule has 1 aliphatic rings. The lowest BCUT2D eigenvalue weighted by Gasteiger charge is -2.12. The quantitative estimate of drug-likeness (QED) is 0.757. The molecule has 1 heterocycles. The van der Waals surface area contributed by atoms with Gasteiger partial charge in [0.1, 0.15) is 0 Å². The summed E-state index contributed by atoms with van der Waals surface area (Å²) in [7, 11) is 0. The highest BCUT2D eigenvalue weighted by atomic mass is 15.3. The third-order valence-electron chi connectivity index (χ3n) is 2.69. The Morgan fingerprint density at radius 2 is 2.00 bits per heavy atom. The first-order chi connectivity index (χ1) is 6.77. The fraction of sp³-hybridized carbons (Fsp3) is 0.417.